The number of carbonyl (C=O) groups excluding carboxylic acids is 1. The number of hydrogen-bond donors (Lipinski definition) is 0. The van der Waals surface area contributed by atoms with E-state index in [2.05, 4.69) is 15.9 Å². The van der Waals surface area contributed by atoms with E-state index in [0.717, 1.165) is 10.5 Å². The van der Waals surface area contributed by atoms with Gasteiger partial charge in [-0.05, 0) is 16.4 Å². The molecule has 0 saturated heterocycles. The maximum Gasteiger partial charge on any atom is 0.221 e. The van der Waals surface area contributed by atoms with Crippen LogP contribution in [0.3, 0.4) is 0 Å². The fourth-order valence-electron chi connectivity index (χ4n) is 1.23. The highest BCUT2D eigenvalue weighted by Gasteiger charge is 2.24. The average Bonchev–Trinajstić information content (AvgIpc) is 2.74. The van der Waals surface area contributed by atoms with Crippen molar-refractivity contribution in [3.05, 3.63) is 39.5 Å². The van der Waals surface area contributed by atoms with Gasteiger partial charge in [0.15, 0.2) is 0 Å². The quantitative estimate of drug-likeness (QED) is 0.825. The summed E-state index contributed by atoms with van der Waals surface area (Å²) in [6, 6.07) is 3.95. The second-order valence-electron chi connectivity index (χ2n) is 2.75. The van der Waals surface area contributed by atoms with Gasteiger partial charge in [-0.2, -0.15) is 0 Å². The molecule has 0 aliphatic carbocycles. The van der Waals surface area contributed by atoms with Crippen molar-refractivity contribution >= 4 is 49.7 Å². The Labute approximate surface area is 99.0 Å². The lowest BCUT2D eigenvalue weighted by Gasteiger charge is -1.93. The molecule has 1 aliphatic heterocycles. The molecule has 1 aromatic rings. The van der Waals surface area contributed by atoms with Crippen molar-refractivity contribution in [3.63, 3.8) is 0 Å². The minimum atomic E-state index is 0.169. The molecule has 1 unspecified atom stereocenters. The molecule has 0 spiro atoms. The van der Waals surface area contributed by atoms with Gasteiger partial charge in [0.25, 0.3) is 0 Å². The third-order valence-electron chi connectivity index (χ3n) is 1.84. The lowest BCUT2D eigenvalue weighted by atomic mass is 10.2. The molecular formula is C10H7BrOS2. The van der Waals surface area contributed by atoms with Crippen LogP contribution in [-0.4, -0.2) is 10.4 Å². The van der Waals surface area contributed by atoms with Crippen molar-refractivity contribution < 1.29 is 4.79 Å². The van der Waals surface area contributed by atoms with Gasteiger partial charge in [0.2, 0.25) is 5.12 Å². The van der Waals surface area contributed by atoms with E-state index >= 15 is 0 Å². The van der Waals surface area contributed by atoms with Crippen LogP contribution in [0.25, 0.3) is 5.57 Å². The molecule has 0 N–H and O–H groups in total. The summed E-state index contributed by atoms with van der Waals surface area (Å²) in [6.07, 6.45) is 3.97. The predicted molar refractivity (Wildman–Crippen MR) is 66.7 cm³/mol. The molecule has 72 valence electrons. The van der Waals surface area contributed by atoms with Crippen molar-refractivity contribution in [2.45, 2.75) is 5.25 Å². The smallest absolute Gasteiger partial charge is 0.221 e. The molecule has 2 rings (SSSR count). The van der Waals surface area contributed by atoms with Crippen molar-refractivity contribution in [3.8, 4) is 0 Å². The summed E-state index contributed by atoms with van der Waals surface area (Å²) in [5.41, 5.74) is 0.848. The lowest BCUT2D eigenvalue weighted by Crippen LogP contribution is -1.89. The van der Waals surface area contributed by atoms with E-state index in [1.807, 2.05) is 29.7 Å². The second kappa shape index (κ2) is 4.47. The Balaban J connectivity index is 2.27. The maximum absolute atomic E-state index is 11.6. The van der Waals surface area contributed by atoms with Crippen molar-refractivity contribution in [1.82, 2.24) is 0 Å². The standard InChI is InChI=1S/C10H7BrOS2/c11-4-3-7-6-8(10(12)14-7)9-2-1-5-13-9/h1-7H. The summed E-state index contributed by atoms with van der Waals surface area (Å²) in [7, 11) is 0. The van der Waals surface area contributed by atoms with E-state index in [0.29, 0.717) is 0 Å². The highest BCUT2D eigenvalue weighted by atomic mass is 79.9. The largest absolute Gasteiger partial charge is 0.281 e. The van der Waals surface area contributed by atoms with E-state index < -0.39 is 0 Å². The summed E-state index contributed by atoms with van der Waals surface area (Å²) < 4.78 is 0. The molecule has 1 nitrogen and oxygen atoms in total. The van der Waals surface area contributed by atoms with Crippen LogP contribution in [0.15, 0.2) is 34.7 Å². The zero-order valence-electron chi connectivity index (χ0n) is 7.14. The highest BCUT2D eigenvalue weighted by molar-refractivity contribution is 9.11. The summed E-state index contributed by atoms with van der Waals surface area (Å²) >= 11 is 6.18. The van der Waals surface area contributed by atoms with Crippen LogP contribution in [0.1, 0.15) is 4.88 Å². The first-order chi connectivity index (χ1) is 6.81. The van der Waals surface area contributed by atoms with Gasteiger partial charge in [0, 0.05) is 10.5 Å². The first kappa shape index (κ1) is 10.2. The third kappa shape index (κ3) is 2.02. The number of hydrogen-bond acceptors (Lipinski definition) is 3. The van der Waals surface area contributed by atoms with Crippen LogP contribution in [-0.2, 0) is 4.79 Å². The SMILES string of the molecule is O=C1SC(C=CBr)C=C1c1cccs1. The van der Waals surface area contributed by atoms with Gasteiger partial charge in [-0.3, -0.25) is 4.79 Å². The Hall–Kier alpha value is -0.320. The van der Waals surface area contributed by atoms with Crippen LogP contribution < -0.4 is 0 Å². The summed E-state index contributed by atoms with van der Waals surface area (Å²) in [4.78, 5) is 14.5. The molecule has 4 heteroatoms. The van der Waals surface area contributed by atoms with Crippen molar-refractivity contribution in [2.75, 3.05) is 0 Å². The Bertz CT molecular complexity index is 392. The summed E-state index contributed by atoms with van der Waals surface area (Å²) in [5.74, 6) is 0. The van der Waals surface area contributed by atoms with E-state index in [1.54, 1.807) is 16.3 Å². The topological polar surface area (TPSA) is 17.1 Å². The minimum absolute atomic E-state index is 0.169. The first-order valence-corrected chi connectivity index (χ1v) is 6.72. The highest BCUT2D eigenvalue weighted by Crippen LogP contribution is 2.35. The second-order valence-corrected chi connectivity index (χ2v) is 5.37. The fourth-order valence-corrected chi connectivity index (χ4v) is 3.49. The van der Waals surface area contributed by atoms with Gasteiger partial charge < -0.3 is 0 Å². The van der Waals surface area contributed by atoms with Crippen LogP contribution in [0.2, 0.25) is 0 Å². The molecule has 0 radical (unpaired) electrons. The average molecular weight is 287 g/mol. The Morgan fingerprint density at radius 1 is 1.50 bits per heavy atom. The molecule has 0 fully saturated rings. The predicted octanol–water partition coefficient (Wildman–Crippen LogP) is 3.68. The Kier molecular flexibility index (Phi) is 3.26. The minimum Gasteiger partial charge on any atom is -0.281 e. The first-order valence-electron chi connectivity index (χ1n) is 4.05. The van der Waals surface area contributed by atoms with Gasteiger partial charge in [-0.1, -0.05) is 45.9 Å². The van der Waals surface area contributed by atoms with Gasteiger partial charge in [0.1, 0.15) is 0 Å². The molecular weight excluding hydrogens is 280 g/mol. The van der Waals surface area contributed by atoms with Crippen LogP contribution >= 0.6 is 39.0 Å². The Morgan fingerprint density at radius 3 is 3.00 bits per heavy atom. The molecule has 1 aromatic heterocycles. The molecule has 14 heavy (non-hydrogen) atoms. The normalized spacial score (nSPS) is 21.9. The van der Waals surface area contributed by atoms with Gasteiger partial charge in [-0.25, -0.2) is 0 Å². The molecule has 1 aliphatic rings. The van der Waals surface area contributed by atoms with Crippen LogP contribution in [0.4, 0.5) is 0 Å². The van der Waals surface area contributed by atoms with E-state index in [-0.39, 0.29) is 10.4 Å². The number of thioether (sulfide) groups is 1. The van der Waals surface area contributed by atoms with Crippen molar-refractivity contribution in [1.29, 1.82) is 0 Å². The van der Waals surface area contributed by atoms with Crippen LogP contribution in [0, 0.1) is 0 Å². The summed E-state index contributed by atoms with van der Waals surface area (Å²) in [6.45, 7) is 0. The monoisotopic (exact) mass is 286 g/mol. The van der Waals surface area contributed by atoms with E-state index in [4.69, 9.17) is 0 Å². The van der Waals surface area contributed by atoms with Crippen molar-refractivity contribution in [2.24, 2.45) is 0 Å². The third-order valence-corrected chi connectivity index (χ3v) is 4.05. The van der Waals surface area contributed by atoms with Gasteiger partial charge in [0.05, 0.1) is 5.25 Å². The molecule has 2 heterocycles. The van der Waals surface area contributed by atoms with Gasteiger partial charge in [-0.15, -0.1) is 11.3 Å². The molecule has 1 atom stereocenters. The zero-order chi connectivity index (χ0) is 9.97. The summed E-state index contributed by atoms with van der Waals surface area (Å²) in [5, 5.41) is 2.34. The van der Waals surface area contributed by atoms with Gasteiger partial charge >= 0.3 is 0 Å². The number of thiophene rings is 1. The zero-order valence-corrected chi connectivity index (χ0v) is 10.4. The van der Waals surface area contributed by atoms with Crippen LogP contribution in [0.5, 0.6) is 0 Å². The number of rotatable bonds is 2. The molecule has 0 aromatic carbocycles. The number of carbonyl (C=O) groups is 1. The Morgan fingerprint density at radius 2 is 2.36 bits per heavy atom. The molecule has 0 saturated carbocycles. The number of halogens is 1. The van der Waals surface area contributed by atoms with E-state index in [9.17, 15) is 4.79 Å². The molecule has 0 bridgehead atoms. The lowest BCUT2D eigenvalue weighted by molar-refractivity contribution is -0.106. The van der Waals surface area contributed by atoms with E-state index in [1.165, 1.54) is 11.8 Å². The molecule has 0 amide bonds. The maximum atomic E-state index is 11.6. The fraction of sp³-hybridized carbons (Fsp3) is 0.100.